The van der Waals surface area contributed by atoms with E-state index in [4.69, 9.17) is 14.5 Å². The van der Waals surface area contributed by atoms with Crippen LogP contribution in [0.2, 0.25) is 0 Å². The topological polar surface area (TPSA) is 92.0 Å². The third-order valence-corrected chi connectivity index (χ3v) is 7.23. The van der Waals surface area contributed by atoms with Crippen molar-refractivity contribution < 1.29 is 18.3 Å². The molecule has 0 N–H and O–H groups in total. The van der Waals surface area contributed by atoms with Crippen molar-refractivity contribution in [1.82, 2.24) is 24.5 Å². The number of methoxy groups -OCH3 is 1. The largest absolute Gasteiger partial charge is 0.481 e. The van der Waals surface area contributed by atoms with Gasteiger partial charge in [0.25, 0.3) is 5.56 Å². The highest BCUT2D eigenvalue weighted by atomic mass is 19.3. The third-order valence-electron chi connectivity index (χ3n) is 7.23. The Morgan fingerprint density at radius 2 is 1.86 bits per heavy atom. The van der Waals surface area contributed by atoms with Gasteiger partial charge >= 0.3 is 0 Å². The van der Waals surface area contributed by atoms with Gasteiger partial charge in [-0.25, -0.2) is 28.7 Å². The zero-order valence-corrected chi connectivity index (χ0v) is 20.1. The maximum atomic E-state index is 13.9. The first-order valence-electron chi connectivity index (χ1n) is 12.0. The quantitative estimate of drug-likeness (QED) is 0.534. The van der Waals surface area contributed by atoms with Crippen LogP contribution in [0.25, 0.3) is 11.3 Å². The fourth-order valence-corrected chi connectivity index (χ4v) is 5.10. The van der Waals surface area contributed by atoms with E-state index in [0.29, 0.717) is 48.0 Å². The van der Waals surface area contributed by atoms with Crippen LogP contribution in [0.5, 0.6) is 5.88 Å². The number of aromatic nitrogens is 5. The summed E-state index contributed by atoms with van der Waals surface area (Å²) in [5, 5.41) is 0. The SMILES string of the molecule is COc1cc(C2CC(c3nc4nc(C)c(C)nc4n(C4CCC(F)(F)CC4)c3=O)CCO2)ccn1. The molecule has 2 unspecified atom stereocenters. The van der Waals surface area contributed by atoms with Crippen molar-refractivity contribution in [2.75, 3.05) is 13.7 Å². The van der Waals surface area contributed by atoms with Crippen molar-refractivity contribution in [3.63, 3.8) is 0 Å². The molecule has 1 saturated heterocycles. The number of rotatable bonds is 4. The lowest BCUT2D eigenvalue weighted by molar-refractivity contribution is -0.0440. The third kappa shape index (κ3) is 4.63. The molecule has 1 aliphatic heterocycles. The van der Waals surface area contributed by atoms with E-state index in [2.05, 4.69) is 15.0 Å². The van der Waals surface area contributed by atoms with Crippen LogP contribution in [-0.4, -0.2) is 44.1 Å². The molecule has 5 rings (SSSR count). The van der Waals surface area contributed by atoms with E-state index in [-0.39, 0.29) is 49.3 Å². The van der Waals surface area contributed by atoms with Crippen LogP contribution in [0, 0.1) is 13.8 Å². The summed E-state index contributed by atoms with van der Waals surface area (Å²) < 4.78 is 40.6. The highest BCUT2D eigenvalue weighted by molar-refractivity contribution is 5.66. The summed E-state index contributed by atoms with van der Waals surface area (Å²) in [5.74, 6) is -2.36. The van der Waals surface area contributed by atoms with Crippen molar-refractivity contribution in [3.05, 3.63) is 51.3 Å². The summed E-state index contributed by atoms with van der Waals surface area (Å²) >= 11 is 0. The van der Waals surface area contributed by atoms with Crippen LogP contribution in [0.15, 0.2) is 23.1 Å². The summed E-state index contributed by atoms with van der Waals surface area (Å²) in [5.41, 5.74) is 3.24. The molecule has 35 heavy (non-hydrogen) atoms. The van der Waals surface area contributed by atoms with E-state index in [0.717, 1.165) is 11.3 Å². The molecule has 2 aliphatic rings. The number of alkyl halides is 2. The van der Waals surface area contributed by atoms with Crippen LogP contribution in [0.3, 0.4) is 0 Å². The van der Waals surface area contributed by atoms with E-state index in [1.165, 1.54) is 0 Å². The Bertz CT molecular complexity index is 1300. The summed E-state index contributed by atoms with van der Waals surface area (Å²) in [7, 11) is 1.56. The number of aryl methyl sites for hydroxylation is 2. The lowest BCUT2D eigenvalue weighted by Gasteiger charge is -2.32. The molecule has 3 aromatic heterocycles. The summed E-state index contributed by atoms with van der Waals surface area (Å²) in [6.07, 6.45) is 2.56. The van der Waals surface area contributed by atoms with Gasteiger partial charge in [-0.3, -0.25) is 9.36 Å². The Morgan fingerprint density at radius 1 is 1.11 bits per heavy atom. The Labute approximate surface area is 201 Å². The molecule has 4 heterocycles. The van der Waals surface area contributed by atoms with Crippen LogP contribution in [0.1, 0.15) is 79.2 Å². The molecule has 0 radical (unpaired) electrons. The van der Waals surface area contributed by atoms with Gasteiger partial charge < -0.3 is 9.47 Å². The van der Waals surface area contributed by atoms with Crippen LogP contribution in [0.4, 0.5) is 8.78 Å². The van der Waals surface area contributed by atoms with Crippen molar-refractivity contribution in [2.45, 2.75) is 76.4 Å². The first-order chi connectivity index (χ1) is 16.8. The summed E-state index contributed by atoms with van der Waals surface area (Å²) in [6, 6.07) is 3.35. The lowest BCUT2D eigenvalue weighted by Crippen LogP contribution is -2.36. The smallest absolute Gasteiger partial charge is 0.274 e. The van der Waals surface area contributed by atoms with Gasteiger partial charge in [0.2, 0.25) is 11.8 Å². The van der Waals surface area contributed by atoms with E-state index in [1.54, 1.807) is 17.9 Å². The molecule has 0 aromatic carbocycles. The molecule has 1 saturated carbocycles. The second kappa shape index (κ2) is 9.22. The maximum Gasteiger partial charge on any atom is 0.274 e. The van der Waals surface area contributed by atoms with Crippen LogP contribution >= 0.6 is 0 Å². The van der Waals surface area contributed by atoms with Gasteiger partial charge in [-0.05, 0) is 51.2 Å². The molecule has 3 aromatic rings. The zero-order chi connectivity index (χ0) is 24.7. The van der Waals surface area contributed by atoms with Gasteiger partial charge in [0.05, 0.1) is 24.6 Å². The predicted octanol–water partition coefficient (Wildman–Crippen LogP) is 4.59. The average molecular weight is 486 g/mol. The Morgan fingerprint density at radius 3 is 2.60 bits per heavy atom. The highest BCUT2D eigenvalue weighted by Gasteiger charge is 2.37. The van der Waals surface area contributed by atoms with Crippen molar-refractivity contribution in [1.29, 1.82) is 0 Å². The van der Waals surface area contributed by atoms with Crippen molar-refractivity contribution in [3.8, 4) is 5.88 Å². The number of ether oxygens (including phenoxy) is 2. The van der Waals surface area contributed by atoms with Gasteiger partial charge in [-0.15, -0.1) is 0 Å². The minimum atomic E-state index is -2.69. The van der Waals surface area contributed by atoms with E-state index >= 15 is 0 Å². The van der Waals surface area contributed by atoms with E-state index in [9.17, 15) is 13.6 Å². The van der Waals surface area contributed by atoms with Gasteiger partial charge in [-0.1, -0.05) is 0 Å². The van der Waals surface area contributed by atoms with E-state index in [1.807, 2.05) is 26.0 Å². The molecule has 0 amide bonds. The molecular formula is C25H29F2N5O3. The normalized spacial score (nSPS) is 22.9. The van der Waals surface area contributed by atoms with Crippen LogP contribution < -0.4 is 10.3 Å². The Kier molecular flexibility index (Phi) is 6.25. The standard InChI is InChI=1S/C25H29F2N5O3/c1-14-15(2)30-23-22(29-14)31-21(24(33)32(23)18-4-8-25(26,27)9-5-18)17-7-11-35-19(12-17)16-6-10-28-20(13-16)34-3/h6,10,13,17-19H,4-5,7-9,11-12H2,1-3H3. The minimum Gasteiger partial charge on any atom is -0.481 e. The summed E-state index contributed by atoms with van der Waals surface area (Å²) in [6.45, 7) is 4.14. The molecule has 10 heteroatoms. The molecular weight excluding hydrogens is 456 g/mol. The zero-order valence-electron chi connectivity index (χ0n) is 20.1. The average Bonchev–Trinajstić information content (AvgIpc) is 2.85. The maximum absolute atomic E-state index is 13.9. The number of nitrogens with zero attached hydrogens (tertiary/aromatic N) is 5. The monoisotopic (exact) mass is 485 g/mol. The fourth-order valence-electron chi connectivity index (χ4n) is 5.10. The second-order valence-electron chi connectivity index (χ2n) is 9.51. The number of hydrogen-bond donors (Lipinski definition) is 0. The molecule has 186 valence electrons. The first kappa shape index (κ1) is 23.7. The van der Waals surface area contributed by atoms with Crippen molar-refractivity contribution >= 4 is 11.3 Å². The number of fused-ring (bicyclic) bond motifs is 1. The van der Waals surface area contributed by atoms with Crippen molar-refractivity contribution in [2.24, 2.45) is 0 Å². The predicted molar refractivity (Wildman–Crippen MR) is 125 cm³/mol. The minimum absolute atomic E-state index is 0.162. The van der Waals surface area contributed by atoms with Gasteiger partial charge in [0, 0.05) is 43.7 Å². The first-order valence-corrected chi connectivity index (χ1v) is 12.0. The van der Waals surface area contributed by atoms with E-state index < -0.39 is 5.92 Å². The van der Waals surface area contributed by atoms with Gasteiger partial charge in [-0.2, -0.15) is 0 Å². The highest BCUT2D eigenvalue weighted by Crippen LogP contribution is 2.40. The van der Waals surface area contributed by atoms with Gasteiger partial charge in [0.1, 0.15) is 5.69 Å². The molecule has 0 bridgehead atoms. The number of halogens is 2. The fraction of sp³-hybridized carbons (Fsp3) is 0.560. The molecule has 2 fully saturated rings. The molecule has 2 atom stereocenters. The van der Waals surface area contributed by atoms with Crippen LogP contribution in [-0.2, 0) is 4.74 Å². The number of hydrogen-bond acceptors (Lipinski definition) is 7. The molecule has 8 nitrogen and oxygen atoms in total. The summed E-state index contributed by atoms with van der Waals surface area (Å²) in [4.78, 5) is 31.9. The van der Waals surface area contributed by atoms with Gasteiger partial charge in [0.15, 0.2) is 11.3 Å². The molecule has 1 aliphatic carbocycles. The lowest BCUT2D eigenvalue weighted by atomic mass is 9.89. The molecule has 0 spiro atoms. The Hall–Kier alpha value is -3.01. The number of pyridine rings is 1. The second-order valence-corrected chi connectivity index (χ2v) is 9.51. The Balaban J connectivity index is 1.56.